The van der Waals surface area contributed by atoms with E-state index < -0.39 is 17.7 Å². The van der Waals surface area contributed by atoms with Gasteiger partial charge in [-0.2, -0.15) is 0 Å². The van der Waals surface area contributed by atoms with Crippen LogP contribution >= 0.6 is 0 Å². The van der Waals surface area contributed by atoms with Crippen LogP contribution in [-0.4, -0.2) is 42.4 Å². The summed E-state index contributed by atoms with van der Waals surface area (Å²) in [5, 5.41) is 2.73. The summed E-state index contributed by atoms with van der Waals surface area (Å²) >= 11 is 0. The lowest BCUT2D eigenvalue weighted by Crippen LogP contribution is -2.44. The van der Waals surface area contributed by atoms with E-state index in [1.54, 1.807) is 26.0 Å². The van der Waals surface area contributed by atoms with E-state index in [0.29, 0.717) is 23.4 Å². The predicted molar refractivity (Wildman–Crippen MR) is 98.1 cm³/mol. The number of carbonyl (C=O) groups is 3. The molecule has 0 saturated carbocycles. The zero-order valence-corrected chi connectivity index (χ0v) is 15.9. The van der Waals surface area contributed by atoms with E-state index in [1.807, 2.05) is 6.92 Å². The highest BCUT2D eigenvalue weighted by Crippen LogP contribution is 2.37. The zero-order chi connectivity index (χ0) is 20.0. The third-order valence-electron chi connectivity index (χ3n) is 4.46. The Balaban J connectivity index is 2.39. The molecule has 0 spiro atoms. The summed E-state index contributed by atoms with van der Waals surface area (Å²) in [4.78, 5) is 38.6. The van der Waals surface area contributed by atoms with Gasteiger partial charge < -0.3 is 15.0 Å². The molecule has 0 unspecified atom stereocenters. The Morgan fingerprint density at radius 3 is 2.52 bits per heavy atom. The van der Waals surface area contributed by atoms with Crippen LogP contribution in [0.25, 0.3) is 0 Å². The molecule has 0 aliphatic carbocycles. The standard InChI is InChI=1S/C20H25FN2O4/c1-4-10-22-17(24)12-23-13(3)19(20(26)27-5-2)16(11-18(23)25)14-6-8-15(21)9-7-14/h6-9,16H,4-5,10-12H2,1-3H3,(H,22,24)/t16-/m1/s1. The van der Waals surface area contributed by atoms with Crippen molar-refractivity contribution in [3.8, 4) is 0 Å². The van der Waals surface area contributed by atoms with Crippen LogP contribution in [0.4, 0.5) is 4.39 Å². The summed E-state index contributed by atoms with van der Waals surface area (Å²) in [5.74, 6) is -2.01. The fraction of sp³-hybridized carbons (Fsp3) is 0.450. The number of nitrogens with zero attached hydrogens (tertiary/aromatic N) is 1. The molecule has 1 aliphatic heterocycles. The molecular formula is C20H25FN2O4. The summed E-state index contributed by atoms with van der Waals surface area (Å²) in [7, 11) is 0. The second kappa shape index (κ2) is 9.30. The molecule has 1 atom stereocenters. The van der Waals surface area contributed by atoms with Gasteiger partial charge in [-0.3, -0.25) is 9.59 Å². The quantitative estimate of drug-likeness (QED) is 0.742. The largest absolute Gasteiger partial charge is 0.463 e. The average Bonchev–Trinajstić information content (AvgIpc) is 2.63. The van der Waals surface area contributed by atoms with Crippen molar-refractivity contribution in [2.45, 2.75) is 39.5 Å². The van der Waals surface area contributed by atoms with Gasteiger partial charge in [0.05, 0.1) is 12.2 Å². The number of allylic oxidation sites excluding steroid dienone is 1. The number of ether oxygens (including phenoxy) is 1. The molecule has 6 nitrogen and oxygen atoms in total. The first-order valence-electron chi connectivity index (χ1n) is 9.09. The fourth-order valence-electron chi connectivity index (χ4n) is 3.12. The van der Waals surface area contributed by atoms with Gasteiger partial charge in [0.2, 0.25) is 11.8 Å². The van der Waals surface area contributed by atoms with E-state index in [1.165, 1.54) is 17.0 Å². The van der Waals surface area contributed by atoms with Gasteiger partial charge in [-0.1, -0.05) is 19.1 Å². The molecule has 1 aliphatic rings. The Morgan fingerprint density at radius 1 is 1.26 bits per heavy atom. The van der Waals surface area contributed by atoms with Crippen LogP contribution in [0, 0.1) is 5.82 Å². The van der Waals surface area contributed by atoms with Gasteiger partial charge in [-0.15, -0.1) is 0 Å². The molecule has 2 rings (SSSR count). The molecule has 146 valence electrons. The van der Waals surface area contributed by atoms with Crippen LogP contribution in [0.2, 0.25) is 0 Å². The number of hydrogen-bond acceptors (Lipinski definition) is 4. The lowest BCUT2D eigenvalue weighted by molar-refractivity contribution is -0.141. The fourth-order valence-corrected chi connectivity index (χ4v) is 3.12. The monoisotopic (exact) mass is 376 g/mol. The smallest absolute Gasteiger partial charge is 0.336 e. The van der Waals surface area contributed by atoms with E-state index in [9.17, 15) is 18.8 Å². The highest BCUT2D eigenvalue weighted by molar-refractivity contribution is 5.97. The van der Waals surface area contributed by atoms with Crippen LogP contribution < -0.4 is 5.32 Å². The Labute approximate surface area is 158 Å². The summed E-state index contributed by atoms with van der Waals surface area (Å²) in [6.45, 7) is 5.83. The molecule has 1 N–H and O–H groups in total. The topological polar surface area (TPSA) is 75.7 Å². The lowest BCUT2D eigenvalue weighted by atomic mass is 9.83. The molecule has 0 saturated heterocycles. The van der Waals surface area contributed by atoms with E-state index >= 15 is 0 Å². The van der Waals surface area contributed by atoms with Crippen molar-refractivity contribution in [1.29, 1.82) is 0 Å². The molecule has 0 radical (unpaired) electrons. The summed E-state index contributed by atoms with van der Waals surface area (Å²) < 4.78 is 18.4. The number of benzene rings is 1. The number of nitrogens with one attached hydrogen (secondary N) is 1. The molecule has 27 heavy (non-hydrogen) atoms. The first-order valence-corrected chi connectivity index (χ1v) is 9.09. The maximum absolute atomic E-state index is 13.3. The van der Waals surface area contributed by atoms with Gasteiger partial charge >= 0.3 is 5.97 Å². The first kappa shape index (κ1) is 20.6. The molecule has 1 aromatic carbocycles. The number of halogens is 1. The van der Waals surface area contributed by atoms with Crippen LogP contribution in [-0.2, 0) is 19.1 Å². The molecule has 0 bridgehead atoms. The number of hydrogen-bond donors (Lipinski definition) is 1. The molecule has 7 heteroatoms. The third kappa shape index (κ3) is 4.93. The Hall–Kier alpha value is -2.70. The van der Waals surface area contributed by atoms with Crippen LogP contribution in [0.1, 0.15) is 45.1 Å². The molecular weight excluding hydrogens is 351 g/mol. The van der Waals surface area contributed by atoms with E-state index in [0.717, 1.165) is 6.42 Å². The summed E-state index contributed by atoms with van der Waals surface area (Å²) in [5.41, 5.74) is 1.37. The maximum Gasteiger partial charge on any atom is 0.336 e. The van der Waals surface area contributed by atoms with Crippen molar-refractivity contribution in [1.82, 2.24) is 10.2 Å². The number of carbonyl (C=O) groups excluding carboxylic acids is 3. The Bertz CT molecular complexity index is 743. The summed E-state index contributed by atoms with van der Waals surface area (Å²) in [6, 6.07) is 5.71. The van der Waals surface area contributed by atoms with Gasteiger partial charge in [-0.05, 0) is 38.0 Å². The minimum atomic E-state index is -0.535. The van der Waals surface area contributed by atoms with Crippen molar-refractivity contribution in [3.05, 3.63) is 46.9 Å². The highest BCUT2D eigenvalue weighted by Gasteiger charge is 2.37. The van der Waals surface area contributed by atoms with E-state index in [4.69, 9.17) is 4.74 Å². The van der Waals surface area contributed by atoms with Crippen LogP contribution in [0.15, 0.2) is 35.5 Å². The van der Waals surface area contributed by atoms with Crippen LogP contribution in [0.5, 0.6) is 0 Å². The normalized spacial score (nSPS) is 17.1. The highest BCUT2D eigenvalue weighted by atomic mass is 19.1. The van der Waals surface area contributed by atoms with Gasteiger partial charge in [0.1, 0.15) is 12.4 Å². The summed E-state index contributed by atoms with van der Waals surface area (Å²) in [6.07, 6.45) is 0.799. The second-order valence-electron chi connectivity index (χ2n) is 6.36. The van der Waals surface area contributed by atoms with Gasteiger partial charge in [-0.25, -0.2) is 9.18 Å². The predicted octanol–water partition coefficient (Wildman–Crippen LogP) is 2.50. The molecule has 1 aromatic rings. The van der Waals surface area contributed by atoms with Crippen molar-refractivity contribution < 1.29 is 23.5 Å². The van der Waals surface area contributed by atoms with Crippen LogP contribution in [0.3, 0.4) is 0 Å². The first-order chi connectivity index (χ1) is 12.9. The van der Waals surface area contributed by atoms with Gasteiger partial charge in [0, 0.05) is 24.6 Å². The second-order valence-corrected chi connectivity index (χ2v) is 6.36. The third-order valence-corrected chi connectivity index (χ3v) is 4.46. The molecule has 0 fully saturated rings. The molecule has 2 amide bonds. The number of rotatable bonds is 7. The lowest BCUT2D eigenvalue weighted by Gasteiger charge is -2.34. The van der Waals surface area contributed by atoms with E-state index in [2.05, 4.69) is 5.32 Å². The average molecular weight is 376 g/mol. The van der Waals surface area contributed by atoms with Crippen molar-refractivity contribution in [2.75, 3.05) is 19.7 Å². The minimum Gasteiger partial charge on any atom is -0.463 e. The number of amides is 2. The zero-order valence-electron chi connectivity index (χ0n) is 15.9. The van der Waals surface area contributed by atoms with Crippen molar-refractivity contribution in [3.63, 3.8) is 0 Å². The van der Waals surface area contributed by atoms with Gasteiger partial charge in [0.15, 0.2) is 0 Å². The SMILES string of the molecule is CCCNC(=O)CN1C(=O)C[C@H](c2ccc(F)cc2)C(C(=O)OCC)=C1C. The van der Waals surface area contributed by atoms with E-state index in [-0.39, 0.29) is 31.4 Å². The van der Waals surface area contributed by atoms with Crippen molar-refractivity contribution in [2.24, 2.45) is 0 Å². The Morgan fingerprint density at radius 2 is 1.93 bits per heavy atom. The Kier molecular flexibility index (Phi) is 7.10. The van der Waals surface area contributed by atoms with Crippen molar-refractivity contribution >= 4 is 17.8 Å². The molecule has 1 heterocycles. The maximum atomic E-state index is 13.3. The van der Waals surface area contributed by atoms with Gasteiger partial charge in [0.25, 0.3) is 0 Å². The molecule has 0 aromatic heterocycles. The minimum absolute atomic E-state index is 0.0121. The number of esters is 1.